The van der Waals surface area contributed by atoms with Crippen LogP contribution in [-0.4, -0.2) is 173 Å². The molecule has 0 unspecified atom stereocenters. The summed E-state index contributed by atoms with van der Waals surface area (Å²) in [6.45, 7) is 14.1. The van der Waals surface area contributed by atoms with Crippen LogP contribution in [0.3, 0.4) is 0 Å². The number of primary amides is 2. The predicted octanol–water partition coefficient (Wildman–Crippen LogP) is -4.98. The van der Waals surface area contributed by atoms with Gasteiger partial charge >= 0.3 is 5.97 Å². The van der Waals surface area contributed by atoms with Crippen LogP contribution in [0, 0.1) is 23.7 Å². The van der Waals surface area contributed by atoms with E-state index in [1.165, 1.54) is 11.8 Å². The molecule has 1 fully saturated rings. The van der Waals surface area contributed by atoms with Gasteiger partial charge in [0, 0.05) is 25.9 Å². The van der Waals surface area contributed by atoms with Crippen molar-refractivity contribution in [1.82, 2.24) is 52.8 Å². The SMILES string of the molecule is CC[C@H](C)[C@H](NC(=O)[C@H](CCCN=C(N)N)NC(=O)[C@@H]1CCCN1C(=O)[C@@H](NC(=O)[C@H](CC(C)C)NC(=O)[C@H](C)N)C(C)C)C(=O)N[C@H](C(=O)NCC(=O)NCC(=O)N[C@@H](CCC(N)=O)C(=O)N[C@@H](CCC(=O)O)C(N)=O)C(C)C. The number of nitrogens with zero attached hydrogens (tertiary/aromatic N) is 2. The standard InChI is InChI=1S/C50H88N16O14/c1-10-27(8)40(48(79)63-38(25(4)5)47(78)58-22-35(68)57-23-36(69)59-31(15-17-34(52)67)43(74)60-29(41(53)72)16-18-37(70)71)65-44(75)30(13-11-19-56-50(54)55)61-46(77)33-14-12-20-66(33)49(80)39(26(6)7)64-45(76)32(21-24(2)3)62-42(73)28(9)51/h24-33,38-40H,10-23,51H2,1-9H3,(H2,52,67)(H2,53,72)(H,57,68)(H,58,78)(H,59,69)(H,60,74)(H,61,77)(H,62,73)(H,63,79)(H,64,76)(H,65,75)(H,70,71)(H4,54,55,56)/t27-,28-,29-,30-,31-,32-,33-,38-,39-,40-/m0/s1. The van der Waals surface area contributed by atoms with Crippen LogP contribution >= 0.6 is 0 Å². The van der Waals surface area contributed by atoms with E-state index < -0.39 is 168 Å². The highest BCUT2D eigenvalue weighted by Gasteiger charge is 2.41. The lowest BCUT2D eigenvalue weighted by atomic mass is 9.95. The zero-order chi connectivity index (χ0) is 61.1. The monoisotopic (exact) mass is 1140 g/mol. The van der Waals surface area contributed by atoms with E-state index in [1.807, 2.05) is 13.8 Å². The zero-order valence-corrected chi connectivity index (χ0v) is 47.4. The van der Waals surface area contributed by atoms with E-state index in [2.05, 4.69) is 52.8 Å². The molecule has 0 aliphatic carbocycles. The lowest BCUT2D eigenvalue weighted by Gasteiger charge is -2.33. The molecule has 30 heteroatoms. The van der Waals surface area contributed by atoms with E-state index in [4.69, 9.17) is 33.8 Å². The summed E-state index contributed by atoms with van der Waals surface area (Å²) in [6.07, 6.45) is -0.217. The highest BCUT2D eigenvalue weighted by Crippen LogP contribution is 2.22. The Hall–Kier alpha value is -7.66. The maximum atomic E-state index is 14.3. The van der Waals surface area contributed by atoms with Crippen molar-refractivity contribution in [3.8, 4) is 0 Å². The number of aliphatic carboxylic acids is 1. The quantitative estimate of drug-likeness (QED) is 0.0159. The van der Waals surface area contributed by atoms with Gasteiger partial charge in [0.1, 0.15) is 48.3 Å². The first-order valence-electron chi connectivity index (χ1n) is 26.9. The first kappa shape index (κ1) is 70.4. The second-order valence-electron chi connectivity index (χ2n) is 21.0. The number of rotatable bonds is 36. The van der Waals surface area contributed by atoms with E-state index >= 15 is 0 Å². The number of aliphatic imine (C=N–C) groups is 1. The lowest BCUT2D eigenvalue weighted by molar-refractivity contribution is -0.143. The van der Waals surface area contributed by atoms with Gasteiger partial charge in [-0.1, -0.05) is 61.8 Å². The Kier molecular flexibility index (Phi) is 30.8. The molecule has 0 bridgehead atoms. The Morgan fingerprint density at radius 2 is 1.12 bits per heavy atom. The highest BCUT2D eigenvalue weighted by molar-refractivity contribution is 5.98. The first-order chi connectivity index (χ1) is 37.3. The second kappa shape index (κ2) is 35.1. The molecule has 20 N–H and O–H groups in total. The Morgan fingerprint density at radius 1 is 0.588 bits per heavy atom. The van der Waals surface area contributed by atoms with Crippen molar-refractivity contribution >= 4 is 82.8 Å². The third-order valence-electron chi connectivity index (χ3n) is 12.9. The van der Waals surface area contributed by atoms with Crippen LogP contribution in [0.15, 0.2) is 4.99 Å². The molecule has 0 radical (unpaired) electrons. The topological polar surface area (TPSA) is 496 Å². The Balaban J connectivity index is 3.24. The van der Waals surface area contributed by atoms with E-state index in [9.17, 15) is 62.3 Å². The molecule has 0 spiro atoms. The van der Waals surface area contributed by atoms with E-state index in [0.717, 1.165) is 0 Å². The molecule has 12 amide bonds. The zero-order valence-electron chi connectivity index (χ0n) is 47.4. The van der Waals surface area contributed by atoms with Crippen LogP contribution < -0.4 is 76.5 Å². The highest BCUT2D eigenvalue weighted by atomic mass is 16.4. The van der Waals surface area contributed by atoms with Crippen molar-refractivity contribution in [1.29, 1.82) is 0 Å². The average Bonchev–Trinajstić information content (AvgIpc) is 3.87. The Labute approximate surface area is 466 Å². The minimum absolute atomic E-state index is 0.0151. The largest absolute Gasteiger partial charge is 0.481 e. The molecule has 0 aromatic carbocycles. The number of guanidine groups is 1. The smallest absolute Gasteiger partial charge is 0.303 e. The van der Waals surface area contributed by atoms with Crippen LogP contribution in [0.2, 0.25) is 0 Å². The van der Waals surface area contributed by atoms with Gasteiger partial charge in [0.05, 0.1) is 19.1 Å². The van der Waals surface area contributed by atoms with Gasteiger partial charge in [0.15, 0.2) is 5.96 Å². The van der Waals surface area contributed by atoms with Gasteiger partial charge < -0.3 is 86.5 Å². The lowest BCUT2D eigenvalue weighted by Crippen LogP contribution is -2.61. The predicted molar refractivity (Wildman–Crippen MR) is 291 cm³/mol. The van der Waals surface area contributed by atoms with E-state index in [-0.39, 0.29) is 69.9 Å². The number of carboxylic acids is 1. The summed E-state index contributed by atoms with van der Waals surface area (Å²) < 4.78 is 0. The summed E-state index contributed by atoms with van der Waals surface area (Å²) >= 11 is 0. The van der Waals surface area contributed by atoms with Crippen LogP contribution in [0.25, 0.3) is 0 Å². The van der Waals surface area contributed by atoms with Crippen molar-refractivity contribution < 1.29 is 67.4 Å². The molecule has 1 heterocycles. The molecule has 452 valence electrons. The van der Waals surface area contributed by atoms with Crippen LogP contribution in [-0.2, 0) is 62.3 Å². The van der Waals surface area contributed by atoms with Crippen LogP contribution in [0.1, 0.15) is 127 Å². The summed E-state index contributed by atoms with van der Waals surface area (Å²) in [6, 6.07) is -10.8. The molecule has 30 nitrogen and oxygen atoms in total. The number of nitrogens with two attached hydrogens (primary N) is 5. The second-order valence-corrected chi connectivity index (χ2v) is 21.0. The third kappa shape index (κ3) is 25.4. The average molecular weight is 1140 g/mol. The van der Waals surface area contributed by atoms with Gasteiger partial charge in [-0.25, -0.2) is 0 Å². The normalized spacial score (nSPS) is 16.4. The van der Waals surface area contributed by atoms with E-state index in [1.54, 1.807) is 41.5 Å². The number of nitrogens with one attached hydrogen (secondary N) is 9. The summed E-state index contributed by atoms with van der Waals surface area (Å²) in [5.41, 5.74) is 27.3. The summed E-state index contributed by atoms with van der Waals surface area (Å²) in [5.74, 6) is -12.6. The molecule has 0 aromatic heterocycles. The number of carboxylic acid groups (broad SMARTS) is 1. The van der Waals surface area contributed by atoms with Gasteiger partial charge in [-0.2, -0.15) is 0 Å². The molecule has 1 rings (SSSR count). The van der Waals surface area contributed by atoms with Crippen molar-refractivity contribution in [2.75, 3.05) is 26.2 Å². The molecular weight excluding hydrogens is 1050 g/mol. The maximum absolute atomic E-state index is 14.3. The van der Waals surface area contributed by atoms with E-state index in [0.29, 0.717) is 12.8 Å². The summed E-state index contributed by atoms with van der Waals surface area (Å²) in [5, 5.41) is 31.7. The van der Waals surface area contributed by atoms with Gasteiger partial charge in [-0.15, -0.1) is 0 Å². The minimum Gasteiger partial charge on any atom is -0.481 e. The van der Waals surface area contributed by atoms with Gasteiger partial charge in [0.2, 0.25) is 70.9 Å². The Bertz CT molecular complexity index is 2220. The molecule has 1 aliphatic rings. The molecule has 1 saturated heterocycles. The fraction of sp³-hybridized carbons (Fsp3) is 0.720. The van der Waals surface area contributed by atoms with Crippen molar-refractivity contribution in [2.45, 2.75) is 181 Å². The molecular formula is C50H88N16O14. The van der Waals surface area contributed by atoms with Gasteiger partial charge in [-0.3, -0.25) is 67.3 Å². The van der Waals surface area contributed by atoms with Crippen LogP contribution in [0.4, 0.5) is 0 Å². The van der Waals surface area contributed by atoms with Gasteiger partial charge in [-0.05, 0) is 75.5 Å². The Morgan fingerprint density at radius 3 is 1.66 bits per heavy atom. The molecule has 10 atom stereocenters. The molecule has 0 saturated carbocycles. The van der Waals surface area contributed by atoms with Crippen molar-refractivity contribution in [3.63, 3.8) is 0 Å². The van der Waals surface area contributed by atoms with Gasteiger partial charge in [0.25, 0.3) is 0 Å². The summed E-state index contributed by atoms with van der Waals surface area (Å²) in [7, 11) is 0. The summed E-state index contributed by atoms with van der Waals surface area (Å²) in [4.78, 5) is 175. The number of likely N-dealkylation sites (tertiary alicyclic amines) is 1. The molecule has 0 aromatic rings. The fourth-order valence-corrected chi connectivity index (χ4v) is 8.17. The number of amides is 12. The fourth-order valence-electron chi connectivity index (χ4n) is 8.17. The number of hydrogen-bond donors (Lipinski definition) is 15. The number of hydrogen-bond acceptors (Lipinski definition) is 15. The van der Waals surface area contributed by atoms with Crippen LogP contribution in [0.5, 0.6) is 0 Å². The molecule has 80 heavy (non-hydrogen) atoms. The maximum Gasteiger partial charge on any atom is 0.303 e. The number of carbonyl (C=O) groups is 13. The van der Waals surface area contributed by atoms with Crippen molar-refractivity contribution in [3.05, 3.63) is 0 Å². The van der Waals surface area contributed by atoms with Crippen molar-refractivity contribution in [2.24, 2.45) is 57.3 Å². The molecule has 1 aliphatic heterocycles. The third-order valence-corrected chi connectivity index (χ3v) is 12.9. The first-order valence-corrected chi connectivity index (χ1v) is 26.9. The number of carbonyl (C=O) groups excluding carboxylic acids is 12. The minimum atomic E-state index is -1.47.